The van der Waals surface area contributed by atoms with Crippen LogP contribution in [0.5, 0.6) is 0 Å². The number of amides is 2. The highest BCUT2D eigenvalue weighted by Crippen LogP contribution is 2.28. The average molecular weight is 280 g/mol. The average Bonchev–Trinajstić information content (AvgIpc) is 2.69. The van der Waals surface area contributed by atoms with Crippen LogP contribution in [0.25, 0.3) is 0 Å². The number of imide groups is 1. The Kier molecular flexibility index (Phi) is 5.58. The summed E-state index contributed by atoms with van der Waals surface area (Å²) in [5.41, 5.74) is 0. The number of hydrogen-bond donors (Lipinski definition) is 1. The lowest BCUT2D eigenvalue weighted by Crippen LogP contribution is -2.45. The van der Waals surface area contributed by atoms with E-state index in [0.717, 1.165) is 25.2 Å². The van der Waals surface area contributed by atoms with Gasteiger partial charge in [-0.25, -0.2) is 0 Å². The van der Waals surface area contributed by atoms with Gasteiger partial charge in [0.15, 0.2) is 0 Å². The molecule has 114 valence electrons. The van der Waals surface area contributed by atoms with Crippen LogP contribution in [0.4, 0.5) is 0 Å². The molecular weight excluding hydrogens is 252 g/mol. The molecule has 0 radical (unpaired) electrons. The zero-order valence-electron chi connectivity index (χ0n) is 12.9. The van der Waals surface area contributed by atoms with Gasteiger partial charge in [-0.3, -0.25) is 14.5 Å². The van der Waals surface area contributed by atoms with E-state index in [4.69, 9.17) is 0 Å². The van der Waals surface area contributed by atoms with Gasteiger partial charge >= 0.3 is 0 Å². The van der Waals surface area contributed by atoms with Crippen molar-refractivity contribution < 1.29 is 9.59 Å². The maximum atomic E-state index is 12.2. The minimum Gasteiger partial charge on any atom is -0.303 e. The summed E-state index contributed by atoms with van der Waals surface area (Å²) >= 11 is 0. The van der Waals surface area contributed by atoms with Crippen LogP contribution in [0, 0.1) is 5.92 Å². The minimum absolute atomic E-state index is 0.00554. The lowest BCUT2D eigenvalue weighted by Gasteiger charge is -2.30. The van der Waals surface area contributed by atoms with Gasteiger partial charge in [0, 0.05) is 12.6 Å². The standard InChI is InChI=1S/C16H28N2O2/c1-3-5-12-6-8-13(9-7-12)17-14-11-15(19)18(10-4-2)16(14)20/h12-14,17H,3-11H2,1-2H3. The quantitative estimate of drug-likeness (QED) is 0.760. The molecule has 0 aromatic heterocycles. The summed E-state index contributed by atoms with van der Waals surface area (Å²) in [5.74, 6) is 0.858. The zero-order valence-corrected chi connectivity index (χ0v) is 12.9. The summed E-state index contributed by atoms with van der Waals surface area (Å²) in [5, 5.41) is 3.44. The Labute approximate surface area is 122 Å². The number of nitrogens with one attached hydrogen (secondary N) is 1. The first kappa shape index (κ1) is 15.5. The highest BCUT2D eigenvalue weighted by molar-refractivity contribution is 6.05. The summed E-state index contributed by atoms with van der Waals surface area (Å²) in [7, 11) is 0. The van der Waals surface area contributed by atoms with Gasteiger partial charge in [-0.15, -0.1) is 0 Å². The molecule has 0 bridgehead atoms. The van der Waals surface area contributed by atoms with E-state index in [-0.39, 0.29) is 17.9 Å². The Balaban J connectivity index is 1.80. The van der Waals surface area contributed by atoms with E-state index in [9.17, 15) is 9.59 Å². The third-order valence-electron chi connectivity index (χ3n) is 4.67. The molecule has 1 N–H and O–H groups in total. The molecule has 0 spiro atoms. The SMILES string of the molecule is CCCC1CCC(NC2CC(=O)N(CCC)C2=O)CC1. The van der Waals surface area contributed by atoms with Crippen LogP contribution in [0.1, 0.15) is 65.2 Å². The molecule has 1 heterocycles. The summed E-state index contributed by atoms with van der Waals surface area (Å²) in [4.78, 5) is 25.4. The number of carbonyl (C=O) groups excluding carboxylic acids is 2. The van der Waals surface area contributed by atoms with Crippen molar-refractivity contribution in [3.63, 3.8) is 0 Å². The van der Waals surface area contributed by atoms with Gasteiger partial charge in [-0.05, 0) is 38.0 Å². The molecule has 2 fully saturated rings. The van der Waals surface area contributed by atoms with Crippen molar-refractivity contribution in [1.82, 2.24) is 10.2 Å². The molecule has 2 rings (SSSR count). The molecule has 20 heavy (non-hydrogen) atoms. The van der Waals surface area contributed by atoms with Crippen molar-refractivity contribution in [3.8, 4) is 0 Å². The van der Waals surface area contributed by atoms with Crippen molar-refractivity contribution in [2.24, 2.45) is 5.92 Å². The molecule has 1 aliphatic carbocycles. The van der Waals surface area contributed by atoms with Gasteiger partial charge < -0.3 is 5.32 Å². The molecule has 2 aliphatic rings. The predicted octanol–water partition coefficient (Wildman–Crippen LogP) is 2.47. The molecule has 1 saturated heterocycles. The fourth-order valence-electron chi connectivity index (χ4n) is 3.58. The highest BCUT2D eigenvalue weighted by Gasteiger charge is 2.39. The van der Waals surface area contributed by atoms with Crippen LogP contribution in [-0.4, -0.2) is 35.3 Å². The minimum atomic E-state index is -0.262. The first-order chi connectivity index (χ1) is 9.65. The second-order valence-corrected chi connectivity index (χ2v) is 6.31. The monoisotopic (exact) mass is 280 g/mol. The normalized spacial score (nSPS) is 31.1. The van der Waals surface area contributed by atoms with Gasteiger partial charge in [-0.1, -0.05) is 26.7 Å². The summed E-state index contributed by atoms with van der Waals surface area (Å²) in [6.45, 7) is 4.81. The van der Waals surface area contributed by atoms with Gasteiger partial charge in [-0.2, -0.15) is 0 Å². The van der Waals surface area contributed by atoms with E-state index >= 15 is 0 Å². The Morgan fingerprint density at radius 3 is 2.40 bits per heavy atom. The molecule has 1 aliphatic heterocycles. The highest BCUT2D eigenvalue weighted by atomic mass is 16.2. The van der Waals surface area contributed by atoms with Crippen LogP contribution in [0.15, 0.2) is 0 Å². The summed E-state index contributed by atoms with van der Waals surface area (Å²) < 4.78 is 0. The third kappa shape index (κ3) is 3.60. The van der Waals surface area contributed by atoms with Crippen molar-refractivity contribution in [1.29, 1.82) is 0 Å². The van der Waals surface area contributed by atoms with Gasteiger partial charge in [0.1, 0.15) is 0 Å². The number of carbonyl (C=O) groups is 2. The van der Waals surface area contributed by atoms with E-state index < -0.39 is 0 Å². The van der Waals surface area contributed by atoms with E-state index in [1.54, 1.807) is 0 Å². The lowest BCUT2D eigenvalue weighted by molar-refractivity contribution is -0.138. The molecule has 4 nitrogen and oxygen atoms in total. The van der Waals surface area contributed by atoms with Crippen molar-refractivity contribution in [2.75, 3.05) is 6.54 Å². The molecule has 4 heteroatoms. The second-order valence-electron chi connectivity index (χ2n) is 6.31. The maximum absolute atomic E-state index is 12.2. The second kappa shape index (κ2) is 7.21. The smallest absolute Gasteiger partial charge is 0.246 e. The topological polar surface area (TPSA) is 49.4 Å². The molecule has 1 saturated carbocycles. The number of hydrogen-bond acceptors (Lipinski definition) is 3. The first-order valence-electron chi connectivity index (χ1n) is 8.25. The largest absolute Gasteiger partial charge is 0.303 e. The molecular formula is C16H28N2O2. The number of rotatable bonds is 6. The molecule has 1 unspecified atom stereocenters. The predicted molar refractivity (Wildman–Crippen MR) is 79.2 cm³/mol. The summed E-state index contributed by atoms with van der Waals surface area (Å²) in [6.07, 6.45) is 8.62. The van der Waals surface area contributed by atoms with E-state index in [2.05, 4.69) is 12.2 Å². The molecule has 0 aromatic rings. The first-order valence-corrected chi connectivity index (χ1v) is 8.25. The van der Waals surface area contributed by atoms with Crippen molar-refractivity contribution >= 4 is 11.8 Å². The van der Waals surface area contributed by atoms with Crippen molar-refractivity contribution in [2.45, 2.75) is 77.3 Å². The van der Waals surface area contributed by atoms with Gasteiger partial charge in [0.25, 0.3) is 0 Å². The zero-order chi connectivity index (χ0) is 14.5. The number of nitrogens with zero attached hydrogens (tertiary/aromatic N) is 1. The van der Waals surface area contributed by atoms with Crippen LogP contribution < -0.4 is 5.32 Å². The van der Waals surface area contributed by atoms with E-state index in [1.807, 2.05) is 6.92 Å². The van der Waals surface area contributed by atoms with Gasteiger partial charge in [0.2, 0.25) is 11.8 Å². The van der Waals surface area contributed by atoms with E-state index in [1.165, 1.54) is 30.6 Å². The Morgan fingerprint density at radius 2 is 1.80 bits per heavy atom. The Hall–Kier alpha value is -0.900. The lowest BCUT2D eigenvalue weighted by atomic mass is 9.83. The molecule has 2 amide bonds. The van der Waals surface area contributed by atoms with Gasteiger partial charge in [0.05, 0.1) is 12.5 Å². The fraction of sp³-hybridized carbons (Fsp3) is 0.875. The summed E-state index contributed by atoms with van der Waals surface area (Å²) in [6, 6.07) is 0.160. The van der Waals surface area contributed by atoms with Crippen LogP contribution in [-0.2, 0) is 9.59 Å². The third-order valence-corrected chi connectivity index (χ3v) is 4.67. The Bertz CT molecular complexity index is 348. The van der Waals surface area contributed by atoms with Crippen LogP contribution in [0.2, 0.25) is 0 Å². The number of likely N-dealkylation sites (tertiary alicyclic amines) is 1. The fourth-order valence-corrected chi connectivity index (χ4v) is 3.58. The van der Waals surface area contributed by atoms with Crippen LogP contribution in [0.3, 0.4) is 0 Å². The molecule has 1 atom stereocenters. The van der Waals surface area contributed by atoms with E-state index in [0.29, 0.717) is 19.0 Å². The molecule has 0 aromatic carbocycles. The Morgan fingerprint density at radius 1 is 1.10 bits per heavy atom. The maximum Gasteiger partial charge on any atom is 0.246 e. The van der Waals surface area contributed by atoms with Crippen LogP contribution >= 0.6 is 0 Å². The van der Waals surface area contributed by atoms with Crippen molar-refractivity contribution in [3.05, 3.63) is 0 Å².